The zero-order valence-electron chi connectivity index (χ0n) is 13.0. The summed E-state index contributed by atoms with van der Waals surface area (Å²) in [7, 11) is 0. The van der Waals surface area contributed by atoms with E-state index < -0.39 is 12.1 Å². The number of rotatable bonds is 11. The largest absolute Gasteiger partial charge is 0.516 e. The molecule has 0 amide bonds. The molecule has 0 atom stereocenters. The first-order chi connectivity index (χ1) is 10.1. The lowest BCUT2D eigenvalue weighted by molar-refractivity contribution is -0.143. The van der Waals surface area contributed by atoms with Gasteiger partial charge in [-0.15, -0.1) is 0 Å². The zero-order valence-corrected chi connectivity index (χ0v) is 13.0. The molecular weight excluding hydrogens is 276 g/mol. The molecule has 0 radical (unpaired) electrons. The van der Waals surface area contributed by atoms with Gasteiger partial charge in [0.25, 0.3) is 0 Å². The molecule has 0 aromatic rings. The summed E-state index contributed by atoms with van der Waals surface area (Å²) in [5.74, 6) is -0.685. The predicted octanol–water partition coefficient (Wildman–Crippen LogP) is 3.37. The number of esters is 2. The van der Waals surface area contributed by atoms with Crippen LogP contribution in [0.4, 0.5) is 4.79 Å². The van der Waals surface area contributed by atoms with Crippen molar-refractivity contribution >= 4 is 18.1 Å². The highest BCUT2D eigenvalue weighted by atomic mass is 16.7. The lowest BCUT2D eigenvalue weighted by Gasteiger charge is -2.03. The highest BCUT2D eigenvalue weighted by Gasteiger charge is 2.10. The summed E-state index contributed by atoms with van der Waals surface area (Å²) in [6.07, 6.45) is 5.19. The molecule has 0 aliphatic carbocycles. The van der Waals surface area contributed by atoms with E-state index in [1.165, 1.54) is 0 Å². The Kier molecular flexibility index (Phi) is 12.4. The summed E-state index contributed by atoms with van der Waals surface area (Å²) in [6, 6.07) is 0. The fraction of sp³-hybridized carbons (Fsp3) is 0.800. The van der Waals surface area contributed by atoms with Crippen LogP contribution in [0.25, 0.3) is 0 Å². The van der Waals surface area contributed by atoms with Crippen LogP contribution < -0.4 is 0 Å². The van der Waals surface area contributed by atoms with E-state index in [1.807, 2.05) is 0 Å². The highest BCUT2D eigenvalue weighted by Crippen LogP contribution is 2.09. The van der Waals surface area contributed by atoms with Crippen molar-refractivity contribution in [2.45, 2.75) is 65.2 Å². The lowest BCUT2D eigenvalue weighted by Crippen LogP contribution is -2.13. The molecule has 0 aliphatic rings. The normalized spacial score (nSPS) is 10.0. The van der Waals surface area contributed by atoms with E-state index in [1.54, 1.807) is 13.8 Å². The van der Waals surface area contributed by atoms with Crippen LogP contribution in [0.15, 0.2) is 0 Å². The van der Waals surface area contributed by atoms with E-state index in [2.05, 4.69) is 9.47 Å². The molecule has 0 aromatic carbocycles. The molecule has 21 heavy (non-hydrogen) atoms. The van der Waals surface area contributed by atoms with Crippen molar-refractivity contribution in [2.24, 2.45) is 0 Å². The molecule has 0 spiro atoms. The van der Waals surface area contributed by atoms with E-state index >= 15 is 0 Å². The van der Waals surface area contributed by atoms with Crippen LogP contribution in [-0.4, -0.2) is 31.3 Å². The molecule has 0 unspecified atom stereocenters. The molecule has 122 valence electrons. The lowest BCUT2D eigenvalue weighted by atomic mass is 10.1. The summed E-state index contributed by atoms with van der Waals surface area (Å²) in [6.45, 7) is 4.07. The van der Waals surface area contributed by atoms with Crippen molar-refractivity contribution in [3.8, 4) is 0 Å². The van der Waals surface area contributed by atoms with Crippen LogP contribution in [-0.2, 0) is 23.8 Å². The Labute approximate surface area is 126 Å². The molecule has 0 aliphatic heterocycles. The number of carbonyl (C=O) groups excluding carboxylic acids is 3. The van der Waals surface area contributed by atoms with Crippen molar-refractivity contribution in [3.05, 3.63) is 0 Å². The average Bonchev–Trinajstić information content (AvgIpc) is 2.42. The van der Waals surface area contributed by atoms with Crippen molar-refractivity contribution in [1.29, 1.82) is 0 Å². The molecule has 0 N–H and O–H groups in total. The molecule has 6 nitrogen and oxygen atoms in total. The standard InChI is InChI=1S/C15H26O6/c1-3-19-13(16)11-9-7-5-6-8-10-12-14(17)21-15(18)20-4-2/h3-12H2,1-2H3. The SMILES string of the molecule is CCOC(=O)CCCCCCCCC(=O)OC(=O)OCC. The van der Waals surface area contributed by atoms with Crippen molar-refractivity contribution < 1.29 is 28.6 Å². The molecule has 0 rings (SSSR count). The third-order valence-corrected chi connectivity index (χ3v) is 2.78. The second-order valence-electron chi connectivity index (χ2n) is 4.58. The second kappa shape index (κ2) is 13.4. The number of carbonyl (C=O) groups is 3. The molecule has 0 saturated heterocycles. The Bertz CT molecular complexity index is 313. The monoisotopic (exact) mass is 302 g/mol. The minimum atomic E-state index is -0.929. The Morgan fingerprint density at radius 3 is 1.67 bits per heavy atom. The predicted molar refractivity (Wildman–Crippen MR) is 76.7 cm³/mol. The van der Waals surface area contributed by atoms with Crippen molar-refractivity contribution in [3.63, 3.8) is 0 Å². The van der Waals surface area contributed by atoms with Crippen LogP contribution in [0, 0.1) is 0 Å². The van der Waals surface area contributed by atoms with Gasteiger partial charge in [-0.1, -0.05) is 25.7 Å². The van der Waals surface area contributed by atoms with Crippen LogP contribution in [0.5, 0.6) is 0 Å². The van der Waals surface area contributed by atoms with Crippen LogP contribution >= 0.6 is 0 Å². The van der Waals surface area contributed by atoms with Gasteiger partial charge in [-0.3, -0.25) is 9.59 Å². The Morgan fingerprint density at radius 2 is 1.14 bits per heavy atom. The minimum Gasteiger partial charge on any atom is -0.466 e. The van der Waals surface area contributed by atoms with E-state index in [9.17, 15) is 14.4 Å². The number of hydrogen-bond acceptors (Lipinski definition) is 6. The fourth-order valence-corrected chi connectivity index (χ4v) is 1.77. The molecule has 0 fully saturated rings. The Balaban J connectivity index is 3.34. The van der Waals surface area contributed by atoms with Gasteiger partial charge in [-0.2, -0.15) is 0 Å². The molecular formula is C15H26O6. The molecule has 6 heteroatoms. The van der Waals surface area contributed by atoms with Gasteiger partial charge in [-0.05, 0) is 26.7 Å². The molecule has 0 saturated carbocycles. The summed E-state index contributed by atoms with van der Waals surface area (Å²) >= 11 is 0. The summed E-state index contributed by atoms with van der Waals surface area (Å²) in [5.41, 5.74) is 0. The Morgan fingerprint density at radius 1 is 0.667 bits per heavy atom. The number of ether oxygens (including phenoxy) is 3. The maximum Gasteiger partial charge on any atom is 0.516 e. The smallest absolute Gasteiger partial charge is 0.466 e. The van der Waals surface area contributed by atoms with Gasteiger partial charge in [0.2, 0.25) is 0 Å². The quantitative estimate of drug-likeness (QED) is 0.331. The van der Waals surface area contributed by atoms with Crippen molar-refractivity contribution in [1.82, 2.24) is 0 Å². The Hall–Kier alpha value is -1.59. The first-order valence-corrected chi connectivity index (χ1v) is 7.63. The van der Waals surface area contributed by atoms with Gasteiger partial charge >= 0.3 is 18.1 Å². The number of hydrogen-bond donors (Lipinski definition) is 0. The van der Waals surface area contributed by atoms with E-state index in [0.717, 1.165) is 32.1 Å². The summed E-state index contributed by atoms with van der Waals surface area (Å²) in [4.78, 5) is 33.2. The summed E-state index contributed by atoms with van der Waals surface area (Å²) < 4.78 is 13.8. The van der Waals surface area contributed by atoms with Gasteiger partial charge in [0.15, 0.2) is 0 Å². The topological polar surface area (TPSA) is 78.9 Å². The van der Waals surface area contributed by atoms with Gasteiger partial charge in [-0.25, -0.2) is 4.79 Å². The average molecular weight is 302 g/mol. The third kappa shape index (κ3) is 13.2. The van der Waals surface area contributed by atoms with E-state index in [4.69, 9.17) is 4.74 Å². The molecule has 0 heterocycles. The van der Waals surface area contributed by atoms with Gasteiger partial charge in [0, 0.05) is 12.8 Å². The molecule has 0 aromatic heterocycles. The second-order valence-corrected chi connectivity index (χ2v) is 4.58. The molecule has 0 bridgehead atoms. The van der Waals surface area contributed by atoms with Crippen LogP contribution in [0.1, 0.15) is 65.2 Å². The number of unbranched alkanes of at least 4 members (excludes halogenated alkanes) is 5. The van der Waals surface area contributed by atoms with Gasteiger partial charge in [0.05, 0.1) is 13.2 Å². The highest BCUT2D eigenvalue weighted by molar-refractivity contribution is 5.81. The van der Waals surface area contributed by atoms with Crippen LogP contribution in [0.3, 0.4) is 0 Å². The van der Waals surface area contributed by atoms with Gasteiger partial charge < -0.3 is 14.2 Å². The van der Waals surface area contributed by atoms with Gasteiger partial charge in [0.1, 0.15) is 0 Å². The van der Waals surface area contributed by atoms with Crippen LogP contribution in [0.2, 0.25) is 0 Å². The maximum absolute atomic E-state index is 11.2. The maximum atomic E-state index is 11.2. The van der Waals surface area contributed by atoms with E-state index in [-0.39, 0.29) is 19.0 Å². The zero-order chi connectivity index (χ0) is 15.9. The third-order valence-electron chi connectivity index (χ3n) is 2.78. The summed E-state index contributed by atoms with van der Waals surface area (Å²) in [5, 5.41) is 0. The van der Waals surface area contributed by atoms with E-state index in [0.29, 0.717) is 19.4 Å². The first kappa shape index (κ1) is 19.4. The van der Waals surface area contributed by atoms with Crippen molar-refractivity contribution in [2.75, 3.05) is 13.2 Å². The first-order valence-electron chi connectivity index (χ1n) is 7.63. The fourth-order valence-electron chi connectivity index (χ4n) is 1.77. The minimum absolute atomic E-state index is 0.140.